The summed E-state index contributed by atoms with van der Waals surface area (Å²) < 4.78 is 0. The minimum atomic E-state index is -0.729. The fraction of sp³-hybridized carbons (Fsp3) is 0.818. The maximum absolute atomic E-state index is 12.2. The largest absolute Gasteiger partial charge is 0.394 e. The molecule has 0 aromatic carbocycles. The number of nitrogens with zero attached hydrogens (tertiary/aromatic N) is 1. The molecule has 100 valence electrons. The van der Waals surface area contributed by atoms with Gasteiger partial charge in [-0.05, 0) is 19.8 Å². The van der Waals surface area contributed by atoms with E-state index in [9.17, 15) is 14.7 Å². The number of aliphatic hydroxyl groups excluding tert-OH is 1. The van der Waals surface area contributed by atoms with Crippen LogP contribution >= 0.6 is 0 Å². The Balaban J connectivity index is 4.90. The van der Waals surface area contributed by atoms with Gasteiger partial charge in [0.1, 0.15) is 6.04 Å². The Bertz CT molecular complexity index is 290. The summed E-state index contributed by atoms with van der Waals surface area (Å²) in [6.07, 6.45) is 0. The number of carbonyl (C=O) groups is 2. The van der Waals surface area contributed by atoms with Gasteiger partial charge < -0.3 is 21.1 Å². The van der Waals surface area contributed by atoms with Crippen molar-refractivity contribution < 1.29 is 14.7 Å². The molecule has 0 rings (SSSR count). The smallest absolute Gasteiger partial charge is 0.312 e. The summed E-state index contributed by atoms with van der Waals surface area (Å²) in [5, 5.41) is 11.6. The first-order valence-electron chi connectivity index (χ1n) is 5.58. The number of hydrogen-bond acceptors (Lipinski definition) is 3. The van der Waals surface area contributed by atoms with E-state index >= 15 is 0 Å². The normalized spacial score (nSPS) is 13.4. The number of urea groups is 1. The number of primary amides is 1. The first kappa shape index (κ1) is 15.7. The van der Waals surface area contributed by atoms with Gasteiger partial charge in [0, 0.05) is 7.05 Å². The van der Waals surface area contributed by atoms with Crippen molar-refractivity contribution in [1.82, 2.24) is 10.2 Å². The Morgan fingerprint density at radius 2 is 1.88 bits per heavy atom. The molecule has 6 heteroatoms. The molecule has 17 heavy (non-hydrogen) atoms. The van der Waals surface area contributed by atoms with Gasteiger partial charge in [-0.15, -0.1) is 0 Å². The number of hydrogen-bond donors (Lipinski definition) is 3. The Kier molecular flexibility index (Phi) is 5.41. The predicted molar refractivity (Wildman–Crippen MR) is 65.3 cm³/mol. The van der Waals surface area contributed by atoms with Crippen molar-refractivity contribution in [1.29, 1.82) is 0 Å². The van der Waals surface area contributed by atoms with Gasteiger partial charge in [0.2, 0.25) is 5.91 Å². The molecule has 3 amide bonds. The highest BCUT2D eigenvalue weighted by Gasteiger charge is 2.33. The highest BCUT2D eigenvalue weighted by atomic mass is 16.3. The summed E-state index contributed by atoms with van der Waals surface area (Å²) in [4.78, 5) is 24.4. The molecule has 0 saturated carbocycles. The maximum Gasteiger partial charge on any atom is 0.312 e. The zero-order chi connectivity index (χ0) is 13.8. The second-order valence-electron chi connectivity index (χ2n) is 5.10. The fourth-order valence-electron chi connectivity index (χ4n) is 1.28. The number of rotatable bonds is 5. The number of amides is 3. The lowest BCUT2D eigenvalue weighted by atomic mass is 9.99. The number of nitrogens with two attached hydrogens (primary N) is 1. The van der Waals surface area contributed by atoms with Gasteiger partial charge >= 0.3 is 6.03 Å². The molecule has 0 aromatic rings. The third-order valence-electron chi connectivity index (χ3n) is 2.86. The second kappa shape index (κ2) is 5.86. The molecule has 1 atom stereocenters. The molecule has 0 aliphatic carbocycles. The van der Waals surface area contributed by atoms with Crippen LogP contribution in [0.25, 0.3) is 0 Å². The molecular formula is C11H23N3O3. The highest BCUT2D eigenvalue weighted by Crippen LogP contribution is 2.15. The molecule has 0 saturated heterocycles. The number of nitrogens with one attached hydrogen (secondary N) is 1. The van der Waals surface area contributed by atoms with E-state index in [1.54, 1.807) is 20.9 Å². The first-order valence-corrected chi connectivity index (χ1v) is 5.58. The molecule has 0 aliphatic rings. The quantitative estimate of drug-likeness (QED) is 0.631. The van der Waals surface area contributed by atoms with Gasteiger partial charge in [-0.3, -0.25) is 4.79 Å². The van der Waals surface area contributed by atoms with Gasteiger partial charge in [-0.1, -0.05) is 13.8 Å². The van der Waals surface area contributed by atoms with Crippen molar-refractivity contribution >= 4 is 11.9 Å². The van der Waals surface area contributed by atoms with Crippen LogP contribution in [0.2, 0.25) is 0 Å². The molecule has 0 radical (unpaired) electrons. The molecular weight excluding hydrogens is 222 g/mol. The molecule has 0 heterocycles. The summed E-state index contributed by atoms with van der Waals surface area (Å²) >= 11 is 0. The van der Waals surface area contributed by atoms with E-state index in [1.807, 2.05) is 13.8 Å². The van der Waals surface area contributed by atoms with Crippen LogP contribution < -0.4 is 11.1 Å². The van der Waals surface area contributed by atoms with E-state index in [2.05, 4.69) is 5.32 Å². The first-order chi connectivity index (χ1) is 7.63. The molecule has 0 aromatic heterocycles. The molecule has 4 N–H and O–H groups in total. The minimum Gasteiger partial charge on any atom is -0.394 e. The van der Waals surface area contributed by atoms with Crippen molar-refractivity contribution in [2.45, 2.75) is 39.3 Å². The zero-order valence-electron chi connectivity index (χ0n) is 11.2. The summed E-state index contributed by atoms with van der Waals surface area (Å²) in [6.45, 7) is 6.96. The van der Waals surface area contributed by atoms with E-state index < -0.39 is 17.6 Å². The number of aliphatic hydroxyl groups is 1. The van der Waals surface area contributed by atoms with Crippen LogP contribution in [-0.4, -0.2) is 47.2 Å². The topological polar surface area (TPSA) is 95.7 Å². The molecule has 0 aliphatic heterocycles. The third-order valence-corrected chi connectivity index (χ3v) is 2.86. The molecule has 1 unspecified atom stereocenters. The van der Waals surface area contributed by atoms with Crippen LogP contribution in [0.4, 0.5) is 4.79 Å². The molecule has 0 fully saturated rings. The summed E-state index contributed by atoms with van der Waals surface area (Å²) in [7, 11) is 1.59. The Labute approximate surface area is 102 Å². The standard InChI is InChI=1S/C11H23N3O3/c1-7(2)8(13-10(12)17)9(16)14(5)11(3,4)6-15/h7-8,15H,6H2,1-5H3,(H3,12,13,17). The van der Waals surface area contributed by atoms with E-state index in [0.29, 0.717) is 0 Å². The van der Waals surface area contributed by atoms with Crippen molar-refractivity contribution in [3.8, 4) is 0 Å². The predicted octanol–water partition coefficient (Wildman–Crippen LogP) is -0.0914. The van der Waals surface area contributed by atoms with Crippen molar-refractivity contribution in [3.05, 3.63) is 0 Å². The lowest BCUT2D eigenvalue weighted by molar-refractivity contribution is -0.139. The van der Waals surface area contributed by atoms with Crippen LogP contribution in [0, 0.1) is 5.92 Å². The maximum atomic E-state index is 12.2. The van der Waals surface area contributed by atoms with Crippen molar-refractivity contribution in [3.63, 3.8) is 0 Å². The van der Waals surface area contributed by atoms with Gasteiger partial charge in [0.05, 0.1) is 12.1 Å². The summed E-state index contributed by atoms with van der Waals surface area (Å²) in [5.74, 6) is -0.343. The number of likely N-dealkylation sites (N-methyl/N-ethyl adjacent to an activating group) is 1. The van der Waals surface area contributed by atoms with Crippen LogP contribution in [0.3, 0.4) is 0 Å². The molecule has 0 bridgehead atoms. The van der Waals surface area contributed by atoms with E-state index in [1.165, 1.54) is 4.90 Å². The molecule has 0 spiro atoms. The summed E-state index contributed by atoms with van der Waals surface area (Å²) in [5.41, 5.74) is 4.36. The number of carbonyl (C=O) groups excluding carboxylic acids is 2. The van der Waals surface area contributed by atoms with Crippen LogP contribution in [0.1, 0.15) is 27.7 Å². The Hall–Kier alpha value is -1.30. The van der Waals surface area contributed by atoms with E-state index in [-0.39, 0.29) is 18.4 Å². The zero-order valence-corrected chi connectivity index (χ0v) is 11.2. The molecule has 6 nitrogen and oxygen atoms in total. The van der Waals surface area contributed by atoms with Gasteiger partial charge in [-0.2, -0.15) is 0 Å². The van der Waals surface area contributed by atoms with Crippen molar-refractivity contribution in [2.24, 2.45) is 11.7 Å². The highest BCUT2D eigenvalue weighted by molar-refractivity contribution is 5.87. The average Bonchev–Trinajstić information content (AvgIpc) is 2.23. The van der Waals surface area contributed by atoms with Gasteiger partial charge in [-0.25, -0.2) is 4.79 Å². The van der Waals surface area contributed by atoms with E-state index in [0.717, 1.165) is 0 Å². The monoisotopic (exact) mass is 245 g/mol. The van der Waals surface area contributed by atoms with Crippen LogP contribution in [-0.2, 0) is 4.79 Å². The SMILES string of the molecule is CC(C)C(NC(N)=O)C(=O)N(C)C(C)(C)CO. The van der Waals surface area contributed by atoms with Crippen LogP contribution in [0.15, 0.2) is 0 Å². The Morgan fingerprint density at radius 1 is 1.41 bits per heavy atom. The van der Waals surface area contributed by atoms with Crippen LogP contribution in [0.5, 0.6) is 0 Å². The lowest BCUT2D eigenvalue weighted by Crippen LogP contribution is -2.57. The van der Waals surface area contributed by atoms with Gasteiger partial charge in [0.15, 0.2) is 0 Å². The second-order valence-corrected chi connectivity index (χ2v) is 5.10. The van der Waals surface area contributed by atoms with E-state index in [4.69, 9.17) is 5.73 Å². The summed E-state index contributed by atoms with van der Waals surface area (Å²) in [6, 6.07) is -1.41. The lowest BCUT2D eigenvalue weighted by Gasteiger charge is -2.37. The minimum absolute atomic E-state index is 0.0769. The van der Waals surface area contributed by atoms with Crippen molar-refractivity contribution in [2.75, 3.05) is 13.7 Å². The van der Waals surface area contributed by atoms with Gasteiger partial charge in [0.25, 0.3) is 0 Å². The third kappa shape index (κ3) is 4.22. The Morgan fingerprint density at radius 3 is 2.18 bits per heavy atom. The fourth-order valence-corrected chi connectivity index (χ4v) is 1.28. The average molecular weight is 245 g/mol.